The molecule has 3 N–H and O–H groups in total. The van der Waals surface area contributed by atoms with Crippen LogP contribution in [0.25, 0.3) is 11.0 Å². The Morgan fingerprint density at radius 3 is 2.81 bits per heavy atom. The molecule has 9 nitrogen and oxygen atoms in total. The highest BCUT2D eigenvalue weighted by Gasteiger charge is 2.15. The highest BCUT2D eigenvalue weighted by Crippen LogP contribution is 2.31. The van der Waals surface area contributed by atoms with Gasteiger partial charge in [0, 0.05) is 23.5 Å². The van der Waals surface area contributed by atoms with E-state index in [4.69, 9.17) is 25.9 Å². The van der Waals surface area contributed by atoms with Crippen LogP contribution in [-0.4, -0.2) is 39.3 Å². The summed E-state index contributed by atoms with van der Waals surface area (Å²) in [6, 6.07) is 12.3. The van der Waals surface area contributed by atoms with Crippen LogP contribution in [0.5, 0.6) is 5.88 Å². The van der Waals surface area contributed by atoms with Gasteiger partial charge in [-0.25, -0.2) is 0 Å². The van der Waals surface area contributed by atoms with E-state index in [-0.39, 0.29) is 37.2 Å². The van der Waals surface area contributed by atoms with Gasteiger partial charge < -0.3 is 24.9 Å². The minimum atomic E-state index is -0.373. The molecule has 0 saturated heterocycles. The van der Waals surface area contributed by atoms with Gasteiger partial charge in [-0.2, -0.15) is 0 Å². The zero-order chi connectivity index (χ0) is 21.6. The van der Waals surface area contributed by atoms with Crippen molar-refractivity contribution in [1.82, 2.24) is 20.5 Å². The van der Waals surface area contributed by atoms with E-state index in [1.54, 1.807) is 30.3 Å². The fourth-order valence-electron chi connectivity index (χ4n) is 2.81. The van der Waals surface area contributed by atoms with Gasteiger partial charge in [0.05, 0.1) is 18.3 Å². The quantitative estimate of drug-likeness (QED) is 0.382. The fourth-order valence-corrected chi connectivity index (χ4v) is 2.94. The van der Waals surface area contributed by atoms with Gasteiger partial charge in [0.15, 0.2) is 5.82 Å². The van der Waals surface area contributed by atoms with Crippen LogP contribution in [0.2, 0.25) is 5.02 Å². The predicted octanol–water partition coefficient (Wildman–Crippen LogP) is 3.32. The second kappa shape index (κ2) is 9.41. The SMILES string of the molecule is O=C(NCCO)c1cc(COc2nnc(Nc3ccc(Cl)cc3)c3ccoc23)ccn1. The molecule has 158 valence electrons. The second-order valence-electron chi connectivity index (χ2n) is 6.47. The van der Waals surface area contributed by atoms with E-state index in [9.17, 15) is 4.79 Å². The number of amides is 1. The molecule has 0 radical (unpaired) electrons. The lowest BCUT2D eigenvalue weighted by molar-refractivity contribution is 0.0939. The number of ether oxygens (including phenoxy) is 1. The maximum Gasteiger partial charge on any atom is 0.278 e. The maximum atomic E-state index is 12.0. The molecule has 31 heavy (non-hydrogen) atoms. The lowest BCUT2D eigenvalue weighted by Gasteiger charge is -2.09. The molecule has 1 aromatic carbocycles. The minimum absolute atomic E-state index is 0.136. The van der Waals surface area contributed by atoms with Crippen molar-refractivity contribution < 1.29 is 19.1 Å². The molecule has 0 saturated carbocycles. The van der Waals surface area contributed by atoms with Crippen molar-refractivity contribution in [2.24, 2.45) is 0 Å². The number of anilines is 2. The average molecular weight is 440 g/mol. The fraction of sp³-hybridized carbons (Fsp3) is 0.143. The van der Waals surface area contributed by atoms with Crippen LogP contribution < -0.4 is 15.4 Å². The molecule has 3 aromatic heterocycles. The summed E-state index contributed by atoms with van der Waals surface area (Å²) >= 11 is 5.92. The summed E-state index contributed by atoms with van der Waals surface area (Å²) in [5, 5.41) is 24.2. The highest BCUT2D eigenvalue weighted by atomic mass is 35.5. The average Bonchev–Trinajstić information content (AvgIpc) is 3.29. The number of hydrogen-bond donors (Lipinski definition) is 3. The topological polar surface area (TPSA) is 122 Å². The zero-order valence-corrected chi connectivity index (χ0v) is 17.0. The molecule has 0 bridgehead atoms. The Bertz CT molecular complexity index is 1200. The smallest absolute Gasteiger partial charge is 0.278 e. The number of fused-ring (bicyclic) bond motifs is 1. The second-order valence-corrected chi connectivity index (χ2v) is 6.90. The number of aliphatic hydroxyl groups excluding tert-OH is 1. The number of aromatic nitrogens is 3. The molecule has 0 unspecified atom stereocenters. The van der Waals surface area contributed by atoms with E-state index in [2.05, 4.69) is 25.8 Å². The molecule has 0 aliphatic rings. The van der Waals surface area contributed by atoms with Crippen LogP contribution >= 0.6 is 11.6 Å². The van der Waals surface area contributed by atoms with Gasteiger partial charge in [-0.1, -0.05) is 11.6 Å². The number of aliphatic hydroxyl groups is 1. The number of carbonyl (C=O) groups is 1. The highest BCUT2D eigenvalue weighted by molar-refractivity contribution is 6.30. The predicted molar refractivity (Wildman–Crippen MR) is 115 cm³/mol. The summed E-state index contributed by atoms with van der Waals surface area (Å²) in [5.74, 6) is 0.372. The molecular weight excluding hydrogens is 422 g/mol. The Hall–Kier alpha value is -3.69. The molecule has 0 spiro atoms. The minimum Gasteiger partial charge on any atom is -0.469 e. The molecule has 0 aliphatic carbocycles. The Morgan fingerprint density at radius 2 is 2.00 bits per heavy atom. The van der Waals surface area contributed by atoms with Crippen molar-refractivity contribution in [2.45, 2.75) is 6.61 Å². The zero-order valence-electron chi connectivity index (χ0n) is 16.2. The molecular formula is C21H18ClN5O4. The Kier molecular flexibility index (Phi) is 6.25. The Morgan fingerprint density at radius 1 is 1.16 bits per heavy atom. The lowest BCUT2D eigenvalue weighted by Crippen LogP contribution is -2.27. The monoisotopic (exact) mass is 439 g/mol. The number of pyridine rings is 1. The van der Waals surface area contributed by atoms with Crippen molar-refractivity contribution in [3.63, 3.8) is 0 Å². The first kappa shape index (κ1) is 20.6. The number of nitrogens with zero attached hydrogens (tertiary/aromatic N) is 3. The molecule has 1 amide bonds. The lowest BCUT2D eigenvalue weighted by atomic mass is 10.2. The standard InChI is InChI=1S/C21H18ClN5O4/c22-14-1-3-15(4-2-14)25-19-16-6-10-30-18(16)21(27-26-19)31-12-13-5-7-23-17(11-13)20(29)24-8-9-28/h1-7,10-11,28H,8-9,12H2,(H,24,29)(H,25,26). The van der Waals surface area contributed by atoms with E-state index in [0.717, 1.165) is 5.69 Å². The van der Waals surface area contributed by atoms with Crippen LogP contribution in [0.1, 0.15) is 16.1 Å². The van der Waals surface area contributed by atoms with Gasteiger partial charge in [-0.15, -0.1) is 10.2 Å². The van der Waals surface area contributed by atoms with Gasteiger partial charge in [-0.3, -0.25) is 9.78 Å². The number of rotatable bonds is 8. The molecule has 3 heterocycles. The van der Waals surface area contributed by atoms with Gasteiger partial charge in [0.2, 0.25) is 5.58 Å². The van der Waals surface area contributed by atoms with E-state index in [1.807, 2.05) is 12.1 Å². The summed E-state index contributed by atoms with van der Waals surface area (Å²) in [4.78, 5) is 16.0. The molecule has 10 heteroatoms. The van der Waals surface area contributed by atoms with Crippen LogP contribution in [0.4, 0.5) is 11.5 Å². The van der Waals surface area contributed by atoms with Gasteiger partial charge in [-0.05, 0) is 48.0 Å². The van der Waals surface area contributed by atoms with Crippen LogP contribution in [0.15, 0.2) is 59.3 Å². The van der Waals surface area contributed by atoms with Crippen LogP contribution in [0, 0.1) is 0 Å². The Labute approximate surface area is 182 Å². The number of halogens is 1. The molecule has 4 aromatic rings. The molecule has 0 atom stereocenters. The van der Waals surface area contributed by atoms with Gasteiger partial charge in [0.1, 0.15) is 12.3 Å². The van der Waals surface area contributed by atoms with E-state index in [1.165, 1.54) is 12.5 Å². The van der Waals surface area contributed by atoms with Gasteiger partial charge in [0.25, 0.3) is 11.8 Å². The number of carbonyl (C=O) groups excluding carboxylic acids is 1. The van der Waals surface area contributed by atoms with Crippen molar-refractivity contribution in [3.05, 3.63) is 71.2 Å². The summed E-state index contributed by atoms with van der Waals surface area (Å²) in [6.07, 6.45) is 3.05. The summed E-state index contributed by atoms with van der Waals surface area (Å²) in [7, 11) is 0. The van der Waals surface area contributed by atoms with E-state index in [0.29, 0.717) is 27.4 Å². The number of furan rings is 1. The third-order valence-corrected chi connectivity index (χ3v) is 4.54. The first-order chi connectivity index (χ1) is 15.1. The maximum absolute atomic E-state index is 12.0. The summed E-state index contributed by atoms with van der Waals surface area (Å²) < 4.78 is 11.3. The molecule has 0 aliphatic heterocycles. The van der Waals surface area contributed by atoms with Crippen molar-refractivity contribution in [2.75, 3.05) is 18.5 Å². The molecule has 0 fully saturated rings. The molecule has 4 rings (SSSR count). The Balaban J connectivity index is 1.49. The van der Waals surface area contributed by atoms with Crippen molar-refractivity contribution in [1.29, 1.82) is 0 Å². The summed E-state index contributed by atoms with van der Waals surface area (Å²) in [5.41, 5.74) is 2.19. The number of benzene rings is 1. The normalized spacial score (nSPS) is 10.8. The summed E-state index contributed by atoms with van der Waals surface area (Å²) in [6.45, 7) is 0.149. The first-order valence-electron chi connectivity index (χ1n) is 9.37. The third-order valence-electron chi connectivity index (χ3n) is 4.29. The van der Waals surface area contributed by atoms with Crippen molar-refractivity contribution >= 4 is 40.0 Å². The van der Waals surface area contributed by atoms with E-state index >= 15 is 0 Å². The number of nitrogens with one attached hydrogen (secondary N) is 2. The van der Waals surface area contributed by atoms with Crippen LogP contribution in [-0.2, 0) is 6.61 Å². The van der Waals surface area contributed by atoms with E-state index < -0.39 is 0 Å². The van der Waals surface area contributed by atoms with Crippen LogP contribution in [0.3, 0.4) is 0 Å². The van der Waals surface area contributed by atoms with Gasteiger partial charge >= 0.3 is 0 Å². The number of hydrogen-bond acceptors (Lipinski definition) is 8. The largest absolute Gasteiger partial charge is 0.469 e. The van der Waals surface area contributed by atoms with Crippen molar-refractivity contribution in [3.8, 4) is 5.88 Å². The first-order valence-corrected chi connectivity index (χ1v) is 9.75. The third kappa shape index (κ3) is 4.90.